The summed E-state index contributed by atoms with van der Waals surface area (Å²) >= 11 is 0. The fourth-order valence-electron chi connectivity index (χ4n) is 8.68. The van der Waals surface area contributed by atoms with Gasteiger partial charge in [-0.1, -0.05) is 182 Å². The number of hydrogen-bond acceptors (Lipinski definition) is 3. The second-order valence-corrected chi connectivity index (χ2v) is 17.6. The molecule has 0 aliphatic carbocycles. The number of aromatic nitrogens is 3. The highest BCUT2D eigenvalue weighted by molar-refractivity contribution is 7.85. The van der Waals surface area contributed by atoms with Crippen LogP contribution < -0.4 is 15.9 Å². The molecule has 278 valence electrons. The number of para-hydroxylation sites is 3. The van der Waals surface area contributed by atoms with Gasteiger partial charge in [0.05, 0.1) is 22.2 Å². The van der Waals surface area contributed by atoms with Crippen LogP contribution in [0.5, 0.6) is 0 Å². The van der Waals surface area contributed by atoms with Gasteiger partial charge in [-0.05, 0) is 58.3 Å². The first-order valence-electron chi connectivity index (χ1n) is 19.9. The molecule has 0 aliphatic rings. The van der Waals surface area contributed by atoms with E-state index in [0.29, 0.717) is 0 Å². The Hall–Kier alpha value is -7.39. The third kappa shape index (κ3) is 5.80. The molecule has 4 nitrogen and oxygen atoms in total. The van der Waals surface area contributed by atoms with Gasteiger partial charge in [0.25, 0.3) is 0 Å². The van der Waals surface area contributed by atoms with Crippen molar-refractivity contribution in [2.75, 3.05) is 0 Å². The van der Waals surface area contributed by atoms with Crippen molar-refractivity contribution in [2.45, 2.75) is 0 Å². The molecule has 5 heteroatoms. The van der Waals surface area contributed by atoms with Crippen LogP contribution in [0.4, 0.5) is 0 Å². The first-order chi connectivity index (χ1) is 29.1. The molecule has 11 rings (SSSR count). The Labute approximate surface area is 342 Å². The average molecular weight is 774 g/mol. The van der Waals surface area contributed by atoms with Gasteiger partial charge < -0.3 is 4.57 Å². The summed E-state index contributed by atoms with van der Waals surface area (Å²) in [6.07, 6.45) is 0. The second kappa shape index (κ2) is 14.2. The van der Waals surface area contributed by atoms with Crippen LogP contribution in [-0.4, -0.2) is 14.5 Å². The van der Waals surface area contributed by atoms with Crippen molar-refractivity contribution in [1.82, 2.24) is 14.5 Å². The minimum Gasteiger partial charge on any atom is -0.309 e. The van der Waals surface area contributed by atoms with Crippen LogP contribution in [0.3, 0.4) is 0 Å². The molecule has 0 bridgehead atoms. The maximum Gasteiger partial charge on any atom is 0.171 e. The maximum absolute atomic E-state index is 15.2. The van der Waals surface area contributed by atoms with Crippen molar-refractivity contribution in [3.05, 3.63) is 218 Å². The molecule has 9 aromatic carbocycles. The summed E-state index contributed by atoms with van der Waals surface area (Å²) in [5.74, 6) is 0.910. The molecule has 0 aliphatic heterocycles. The minimum atomic E-state index is -3.14. The lowest BCUT2D eigenvalue weighted by Crippen LogP contribution is -2.24. The van der Waals surface area contributed by atoms with E-state index in [0.717, 1.165) is 82.7 Å². The molecule has 2 aromatic heterocycles. The van der Waals surface area contributed by atoms with Gasteiger partial charge in [-0.3, -0.25) is 4.57 Å². The third-order valence-electron chi connectivity index (χ3n) is 11.5. The van der Waals surface area contributed by atoms with Gasteiger partial charge >= 0.3 is 0 Å². The van der Waals surface area contributed by atoms with Gasteiger partial charge in [0, 0.05) is 48.9 Å². The summed E-state index contributed by atoms with van der Waals surface area (Å²) in [5, 5.41) is 8.11. The summed E-state index contributed by atoms with van der Waals surface area (Å²) in [6, 6.07) is 74.9. The average Bonchev–Trinajstić information content (AvgIpc) is 3.71. The van der Waals surface area contributed by atoms with Crippen LogP contribution in [-0.2, 0) is 4.57 Å². The van der Waals surface area contributed by atoms with Crippen LogP contribution in [0.15, 0.2) is 218 Å². The predicted octanol–water partition coefficient (Wildman–Crippen LogP) is 12.5. The van der Waals surface area contributed by atoms with E-state index in [-0.39, 0.29) is 0 Å². The maximum atomic E-state index is 15.2. The molecule has 0 spiro atoms. The predicted molar refractivity (Wildman–Crippen MR) is 247 cm³/mol. The highest BCUT2D eigenvalue weighted by Gasteiger charge is 2.29. The lowest BCUT2D eigenvalue weighted by atomic mass is 9.90. The minimum absolute atomic E-state index is 0.788. The fourth-order valence-corrected chi connectivity index (χ4v) is 11.3. The Morgan fingerprint density at radius 1 is 0.390 bits per heavy atom. The summed E-state index contributed by atoms with van der Waals surface area (Å²) in [6.45, 7) is 0. The molecule has 0 radical (unpaired) electrons. The smallest absolute Gasteiger partial charge is 0.171 e. The van der Waals surface area contributed by atoms with E-state index in [1.165, 1.54) is 16.2 Å². The van der Waals surface area contributed by atoms with Crippen molar-refractivity contribution in [2.24, 2.45) is 0 Å². The van der Waals surface area contributed by atoms with E-state index in [4.69, 9.17) is 9.97 Å². The number of nitrogens with zero attached hydrogens (tertiary/aromatic N) is 3. The molecule has 0 N–H and O–H groups in total. The van der Waals surface area contributed by atoms with Gasteiger partial charge in [-0.15, -0.1) is 0 Å². The zero-order valence-electron chi connectivity index (χ0n) is 32.0. The Balaban J connectivity index is 1.09. The molecule has 0 saturated carbocycles. The molecule has 0 atom stereocenters. The van der Waals surface area contributed by atoms with E-state index < -0.39 is 7.14 Å². The molecule has 2 heterocycles. The third-order valence-corrected chi connectivity index (χ3v) is 14.6. The van der Waals surface area contributed by atoms with E-state index in [1.807, 2.05) is 84.9 Å². The first kappa shape index (κ1) is 34.8. The SMILES string of the molecule is O=P(c1ccccc1)(c1ccccc1)c1ccc(-c2nc3ccccc3c3c2cc(-c2ccc(-n4c(-c5ccccc5)nc5ccccc54)cc2)c2ccccc23)cc1. The quantitative estimate of drug-likeness (QED) is 0.120. The van der Waals surface area contributed by atoms with E-state index in [9.17, 15) is 0 Å². The number of pyridine rings is 1. The molecule has 11 aromatic rings. The number of benzene rings is 9. The van der Waals surface area contributed by atoms with Gasteiger partial charge in [0.1, 0.15) is 5.82 Å². The van der Waals surface area contributed by atoms with Crippen LogP contribution in [0, 0.1) is 0 Å². The fraction of sp³-hybridized carbons (Fsp3) is 0. The largest absolute Gasteiger partial charge is 0.309 e. The summed E-state index contributed by atoms with van der Waals surface area (Å²) in [5.41, 5.74) is 9.16. The van der Waals surface area contributed by atoms with Gasteiger partial charge in [-0.2, -0.15) is 0 Å². The Kier molecular flexibility index (Phi) is 8.39. The number of imidazole rings is 1. The highest BCUT2D eigenvalue weighted by atomic mass is 31.2. The normalized spacial score (nSPS) is 11.8. The molecule has 59 heavy (non-hydrogen) atoms. The van der Waals surface area contributed by atoms with Gasteiger partial charge in [0.15, 0.2) is 7.14 Å². The van der Waals surface area contributed by atoms with Crippen LogP contribution in [0.25, 0.3) is 82.9 Å². The molecule has 0 amide bonds. The molecular formula is C54H36N3OP. The van der Waals surface area contributed by atoms with Crippen molar-refractivity contribution in [3.8, 4) is 39.5 Å². The zero-order chi connectivity index (χ0) is 39.3. The zero-order valence-corrected chi connectivity index (χ0v) is 32.9. The summed E-state index contributed by atoms with van der Waals surface area (Å²) < 4.78 is 17.5. The van der Waals surface area contributed by atoms with Crippen LogP contribution in [0.2, 0.25) is 0 Å². The molecule has 0 unspecified atom stereocenters. The number of hydrogen-bond donors (Lipinski definition) is 0. The van der Waals surface area contributed by atoms with Crippen LogP contribution >= 0.6 is 7.14 Å². The standard InChI is InChI=1S/C54H36N3OP/c58-59(41-18-6-2-7-19-41,42-20-8-3-9-21-42)43-34-30-38(31-35-43)53-48-36-47(44-22-10-11-23-45(44)52(48)46-24-12-13-25-49(46)55-53)37-28-32-40(33-29-37)57-51-27-15-14-26-50(51)56-54(57)39-16-4-1-5-17-39/h1-36H. The Morgan fingerprint density at radius 3 is 1.59 bits per heavy atom. The first-order valence-corrected chi connectivity index (χ1v) is 21.6. The molecular weight excluding hydrogens is 738 g/mol. The topological polar surface area (TPSA) is 47.8 Å². The van der Waals surface area contributed by atoms with E-state index in [1.54, 1.807) is 0 Å². The van der Waals surface area contributed by atoms with Crippen molar-refractivity contribution < 1.29 is 4.57 Å². The van der Waals surface area contributed by atoms with Crippen LogP contribution in [0.1, 0.15) is 0 Å². The summed E-state index contributed by atoms with van der Waals surface area (Å²) in [7, 11) is -3.14. The van der Waals surface area contributed by atoms with E-state index in [2.05, 4.69) is 138 Å². The summed E-state index contributed by atoms with van der Waals surface area (Å²) in [4.78, 5) is 10.4. The Bertz CT molecular complexity index is 3340. The van der Waals surface area contributed by atoms with Crippen molar-refractivity contribution in [3.63, 3.8) is 0 Å². The molecule has 0 fully saturated rings. The number of fused-ring (bicyclic) bond motifs is 6. The van der Waals surface area contributed by atoms with E-state index >= 15 is 4.57 Å². The van der Waals surface area contributed by atoms with Gasteiger partial charge in [0.2, 0.25) is 0 Å². The monoisotopic (exact) mass is 773 g/mol. The lowest BCUT2D eigenvalue weighted by molar-refractivity contribution is 0.592. The lowest BCUT2D eigenvalue weighted by Gasteiger charge is -2.20. The Morgan fingerprint density at radius 2 is 0.915 bits per heavy atom. The highest BCUT2D eigenvalue weighted by Crippen LogP contribution is 2.45. The second-order valence-electron chi connectivity index (χ2n) is 14.9. The van der Waals surface area contributed by atoms with Gasteiger partial charge in [-0.25, -0.2) is 9.97 Å². The van der Waals surface area contributed by atoms with Crippen molar-refractivity contribution in [1.29, 1.82) is 0 Å². The number of rotatable bonds is 7. The van der Waals surface area contributed by atoms with Crippen molar-refractivity contribution >= 4 is 66.5 Å². The molecule has 0 saturated heterocycles.